The molecule has 144 valence electrons. The zero-order valence-electron chi connectivity index (χ0n) is 15.3. The number of amides is 1. The normalized spacial score (nSPS) is 18.0. The Balaban J connectivity index is 1.72. The highest BCUT2D eigenvalue weighted by molar-refractivity contribution is 6.06. The lowest BCUT2D eigenvalue weighted by molar-refractivity contribution is -0.121. The summed E-state index contributed by atoms with van der Waals surface area (Å²) in [6.07, 6.45) is 1.78. The van der Waals surface area contributed by atoms with Crippen molar-refractivity contribution in [2.24, 2.45) is 0 Å². The van der Waals surface area contributed by atoms with Gasteiger partial charge in [0.2, 0.25) is 0 Å². The predicted octanol–water partition coefficient (Wildman–Crippen LogP) is 4.43. The van der Waals surface area contributed by atoms with Crippen molar-refractivity contribution >= 4 is 22.5 Å². The molecule has 0 saturated carbocycles. The van der Waals surface area contributed by atoms with Gasteiger partial charge in [-0.3, -0.25) is 10.1 Å². The maximum Gasteiger partial charge on any atom is 0.254 e. The summed E-state index contributed by atoms with van der Waals surface area (Å²) < 4.78 is 28.5. The molecule has 3 N–H and O–H groups in total. The summed E-state index contributed by atoms with van der Waals surface area (Å²) in [5.41, 5.74) is 1.60. The minimum absolute atomic E-state index is 0.435. The fraction of sp³-hybridized carbons (Fsp3) is 0.0870. The molecule has 3 aromatic carbocycles. The number of halogens is 2. The van der Waals surface area contributed by atoms with E-state index in [1.54, 1.807) is 6.20 Å². The van der Waals surface area contributed by atoms with Gasteiger partial charge in [0.05, 0.1) is 0 Å². The summed E-state index contributed by atoms with van der Waals surface area (Å²) in [5.74, 6) is -2.20. The van der Waals surface area contributed by atoms with Gasteiger partial charge < -0.3 is 10.3 Å². The van der Waals surface area contributed by atoms with Gasteiger partial charge in [-0.2, -0.15) is 0 Å². The van der Waals surface area contributed by atoms with Crippen molar-refractivity contribution in [3.63, 3.8) is 0 Å². The Labute approximate surface area is 165 Å². The Morgan fingerprint density at radius 1 is 0.931 bits per heavy atom. The van der Waals surface area contributed by atoms with E-state index in [1.165, 1.54) is 6.07 Å². The number of carbonyl (C=O) groups is 1. The summed E-state index contributed by atoms with van der Waals surface area (Å²) in [4.78, 5) is 16.8. The maximum atomic E-state index is 14.2. The summed E-state index contributed by atoms with van der Waals surface area (Å²) >= 11 is 0. The molecule has 5 rings (SSSR count). The quantitative estimate of drug-likeness (QED) is 0.485. The van der Waals surface area contributed by atoms with Crippen LogP contribution in [0.25, 0.3) is 10.9 Å². The Bertz CT molecular complexity index is 1220. The Hall–Kier alpha value is -3.51. The number of aromatic amines is 1. The number of aromatic nitrogens is 1. The molecule has 29 heavy (non-hydrogen) atoms. The van der Waals surface area contributed by atoms with Crippen LogP contribution in [0.1, 0.15) is 16.7 Å². The molecular formula is C23H17F2N3O. The fourth-order valence-electron chi connectivity index (χ4n) is 4.13. The standard InChI is InChI=1S/C23H17F2N3O/c24-17-9-5-10-18(25)21(17)28-22(29)23(15-7-2-1-3-8-15)16-13-26-19-11-4-6-14(12-27-23)20(16)19/h1-11,13,26-27H,12H2,(H,28,29)/t23-/m0/s1. The molecule has 2 heterocycles. The van der Waals surface area contributed by atoms with Crippen molar-refractivity contribution in [3.05, 3.63) is 101 Å². The fourth-order valence-corrected chi connectivity index (χ4v) is 4.13. The number of hydrogen-bond donors (Lipinski definition) is 3. The van der Waals surface area contributed by atoms with Crippen molar-refractivity contribution in [1.82, 2.24) is 10.3 Å². The van der Waals surface area contributed by atoms with E-state index in [0.717, 1.165) is 34.2 Å². The number of carbonyl (C=O) groups excluding carboxylic acids is 1. The molecule has 0 aliphatic carbocycles. The molecule has 0 saturated heterocycles. The third kappa shape index (κ3) is 2.57. The SMILES string of the molecule is O=C(Nc1c(F)cccc1F)[C@@]1(c2ccccc2)NCc2cccc3[nH]cc1c23. The largest absolute Gasteiger partial charge is 0.361 e. The highest BCUT2D eigenvalue weighted by Gasteiger charge is 2.46. The van der Waals surface area contributed by atoms with E-state index < -0.39 is 28.8 Å². The van der Waals surface area contributed by atoms with Gasteiger partial charge in [0.25, 0.3) is 5.91 Å². The minimum atomic E-state index is -1.30. The van der Waals surface area contributed by atoms with Crippen molar-refractivity contribution in [2.75, 3.05) is 5.32 Å². The number of anilines is 1. The van der Waals surface area contributed by atoms with Crippen LogP contribution in [0.4, 0.5) is 14.5 Å². The van der Waals surface area contributed by atoms with Gasteiger partial charge in [0, 0.05) is 29.2 Å². The molecule has 4 nitrogen and oxygen atoms in total. The first-order valence-electron chi connectivity index (χ1n) is 9.27. The number of nitrogens with one attached hydrogen (secondary N) is 3. The molecular weight excluding hydrogens is 372 g/mol. The summed E-state index contributed by atoms with van der Waals surface area (Å²) in [7, 11) is 0. The second-order valence-corrected chi connectivity index (χ2v) is 7.06. The zero-order valence-corrected chi connectivity index (χ0v) is 15.3. The number of benzene rings is 3. The Morgan fingerprint density at radius 2 is 1.66 bits per heavy atom. The average Bonchev–Trinajstić information content (AvgIpc) is 3.18. The summed E-state index contributed by atoms with van der Waals surface area (Å²) in [5, 5.41) is 6.76. The van der Waals surface area contributed by atoms with E-state index in [-0.39, 0.29) is 0 Å². The minimum Gasteiger partial charge on any atom is -0.361 e. The lowest BCUT2D eigenvalue weighted by Gasteiger charge is -2.37. The van der Waals surface area contributed by atoms with Gasteiger partial charge in [0.1, 0.15) is 17.3 Å². The molecule has 0 radical (unpaired) electrons. The van der Waals surface area contributed by atoms with Crippen LogP contribution in [0.15, 0.2) is 72.9 Å². The van der Waals surface area contributed by atoms with Gasteiger partial charge in [-0.25, -0.2) is 8.78 Å². The third-order valence-electron chi connectivity index (χ3n) is 5.49. The van der Waals surface area contributed by atoms with Crippen LogP contribution in [-0.4, -0.2) is 10.9 Å². The van der Waals surface area contributed by atoms with Crippen molar-refractivity contribution in [2.45, 2.75) is 12.1 Å². The van der Waals surface area contributed by atoms with Gasteiger partial charge >= 0.3 is 0 Å². The molecule has 1 aliphatic heterocycles. The first-order valence-corrected chi connectivity index (χ1v) is 9.27. The van der Waals surface area contributed by atoms with Gasteiger partial charge in [-0.15, -0.1) is 0 Å². The van der Waals surface area contributed by atoms with Crippen molar-refractivity contribution in [3.8, 4) is 0 Å². The highest BCUT2D eigenvalue weighted by atomic mass is 19.1. The van der Waals surface area contributed by atoms with Crippen LogP contribution in [0, 0.1) is 11.6 Å². The van der Waals surface area contributed by atoms with Crippen LogP contribution in [0.3, 0.4) is 0 Å². The topological polar surface area (TPSA) is 56.9 Å². The van der Waals surface area contributed by atoms with E-state index in [2.05, 4.69) is 15.6 Å². The summed E-state index contributed by atoms with van der Waals surface area (Å²) in [6.45, 7) is 0.435. The molecule has 6 heteroatoms. The van der Waals surface area contributed by atoms with E-state index in [9.17, 15) is 13.6 Å². The van der Waals surface area contributed by atoms with Crippen LogP contribution in [0.5, 0.6) is 0 Å². The van der Waals surface area contributed by atoms with Crippen LogP contribution in [-0.2, 0) is 16.9 Å². The number of rotatable bonds is 3. The second kappa shape index (κ2) is 6.53. The monoisotopic (exact) mass is 389 g/mol. The number of hydrogen-bond acceptors (Lipinski definition) is 2. The van der Waals surface area contributed by atoms with Gasteiger partial charge in [0.15, 0.2) is 5.54 Å². The molecule has 1 aliphatic rings. The molecule has 1 amide bonds. The first kappa shape index (κ1) is 17.6. The number of para-hydroxylation sites is 1. The smallest absolute Gasteiger partial charge is 0.254 e. The molecule has 0 fully saturated rings. The molecule has 0 bridgehead atoms. The van der Waals surface area contributed by atoms with E-state index in [1.807, 2.05) is 48.5 Å². The van der Waals surface area contributed by atoms with Gasteiger partial charge in [-0.05, 0) is 29.3 Å². The van der Waals surface area contributed by atoms with Crippen LogP contribution < -0.4 is 10.6 Å². The maximum absolute atomic E-state index is 14.2. The lowest BCUT2D eigenvalue weighted by atomic mass is 9.78. The van der Waals surface area contributed by atoms with E-state index in [0.29, 0.717) is 12.1 Å². The second-order valence-electron chi connectivity index (χ2n) is 7.06. The van der Waals surface area contributed by atoms with Crippen LogP contribution >= 0.6 is 0 Å². The summed E-state index contributed by atoms with van der Waals surface area (Å²) in [6, 6.07) is 18.6. The Kier molecular flexibility index (Phi) is 3.96. The van der Waals surface area contributed by atoms with Crippen LogP contribution in [0.2, 0.25) is 0 Å². The zero-order chi connectivity index (χ0) is 20.0. The average molecular weight is 389 g/mol. The van der Waals surface area contributed by atoms with Crippen molar-refractivity contribution < 1.29 is 13.6 Å². The van der Waals surface area contributed by atoms with Gasteiger partial charge in [-0.1, -0.05) is 48.5 Å². The lowest BCUT2D eigenvalue weighted by Crippen LogP contribution is -2.54. The molecule has 0 spiro atoms. The molecule has 0 unspecified atom stereocenters. The Morgan fingerprint density at radius 3 is 2.41 bits per heavy atom. The molecule has 4 aromatic rings. The van der Waals surface area contributed by atoms with E-state index >= 15 is 0 Å². The third-order valence-corrected chi connectivity index (χ3v) is 5.49. The first-order chi connectivity index (χ1) is 14.1. The number of H-pyrrole nitrogens is 1. The molecule has 1 atom stereocenters. The predicted molar refractivity (Wildman–Crippen MR) is 107 cm³/mol. The molecule has 1 aromatic heterocycles. The highest BCUT2D eigenvalue weighted by Crippen LogP contribution is 2.41. The van der Waals surface area contributed by atoms with E-state index in [4.69, 9.17) is 0 Å². The van der Waals surface area contributed by atoms with Crippen molar-refractivity contribution in [1.29, 1.82) is 0 Å².